The first-order valence-corrected chi connectivity index (χ1v) is 8.76. The van der Waals surface area contributed by atoms with E-state index in [0.717, 1.165) is 41.9 Å². The summed E-state index contributed by atoms with van der Waals surface area (Å²) in [5.41, 5.74) is 1.13. The highest BCUT2D eigenvalue weighted by Crippen LogP contribution is 2.29. The molecule has 0 aromatic heterocycles. The van der Waals surface area contributed by atoms with Gasteiger partial charge in [0.25, 0.3) is 0 Å². The van der Waals surface area contributed by atoms with Gasteiger partial charge < -0.3 is 14.2 Å². The SMILES string of the molecule is CC(C)COc1ccc(OCc2ccc(OCC3CC3)cc2)cc1. The van der Waals surface area contributed by atoms with Gasteiger partial charge in [-0.25, -0.2) is 0 Å². The maximum Gasteiger partial charge on any atom is 0.120 e. The largest absolute Gasteiger partial charge is 0.493 e. The molecule has 0 atom stereocenters. The Morgan fingerprint density at radius 1 is 0.792 bits per heavy atom. The molecule has 2 aromatic carbocycles. The van der Waals surface area contributed by atoms with Crippen molar-refractivity contribution in [3.05, 3.63) is 54.1 Å². The Morgan fingerprint density at radius 3 is 1.92 bits per heavy atom. The maximum absolute atomic E-state index is 5.82. The molecule has 1 aliphatic rings. The van der Waals surface area contributed by atoms with E-state index >= 15 is 0 Å². The van der Waals surface area contributed by atoms with Gasteiger partial charge in [-0.15, -0.1) is 0 Å². The Morgan fingerprint density at radius 2 is 1.33 bits per heavy atom. The molecule has 1 saturated carbocycles. The summed E-state index contributed by atoms with van der Waals surface area (Å²) in [6.07, 6.45) is 2.63. The van der Waals surface area contributed by atoms with Crippen LogP contribution in [-0.4, -0.2) is 13.2 Å². The Balaban J connectivity index is 1.44. The minimum Gasteiger partial charge on any atom is -0.493 e. The fraction of sp³-hybridized carbons (Fsp3) is 0.429. The first kappa shape index (κ1) is 16.7. The smallest absolute Gasteiger partial charge is 0.120 e. The third-order valence-electron chi connectivity index (χ3n) is 3.92. The molecule has 0 heterocycles. The molecule has 24 heavy (non-hydrogen) atoms. The van der Waals surface area contributed by atoms with E-state index in [1.165, 1.54) is 12.8 Å². The van der Waals surface area contributed by atoms with Crippen molar-refractivity contribution in [2.45, 2.75) is 33.3 Å². The molecule has 0 aliphatic heterocycles. The molecular weight excluding hydrogens is 300 g/mol. The van der Waals surface area contributed by atoms with E-state index in [2.05, 4.69) is 26.0 Å². The van der Waals surface area contributed by atoms with Gasteiger partial charge in [-0.05, 0) is 66.6 Å². The third kappa shape index (κ3) is 5.48. The van der Waals surface area contributed by atoms with Crippen LogP contribution in [0.4, 0.5) is 0 Å². The van der Waals surface area contributed by atoms with Crippen molar-refractivity contribution in [2.75, 3.05) is 13.2 Å². The zero-order valence-electron chi connectivity index (χ0n) is 14.5. The van der Waals surface area contributed by atoms with Gasteiger partial charge in [0, 0.05) is 0 Å². The number of hydrogen-bond acceptors (Lipinski definition) is 3. The van der Waals surface area contributed by atoms with E-state index in [1.807, 2.05) is 36.4 Å². The Labute approximate surface area is 144 Å². The van der Waals surface area contributed by atoms with Crippen LogP contribution in [0.5, 0.6) is 17.2 Å². The van der Waals surface area contributed by atoms with E-state index in [1.54, 1.807) is 0 Å². The van der Waals surface area contributed by atoms with Crippen LogP contribution in [-0.2, 0) is 6.61 Å². The highest BCUT2D eigenvalue weighted by molar-refractivity contribution is 5.32. The van der Waals surface area contributed by atoms with Gasteiger partial charge in [-0.2, -0.15) is 0 Å². The second-order valence-corrected chi connectivity index (χ2v) is 6.86. The van der Waals surface area contributed by atoms with Crippen LogP contribution in [0.25, 0.3) is 0 Å². The van der Waals surface area contributed by atoms with Crippen molar-refractivity contribution in [1.29, 1.82) is 0 Å². The molecular formula is C21H26O3. The summed E-state index contributed by atoms with van der Waals surface area (Å²) >= 11 is 0. The van der Waals surface area contributed by atoms with Crippen LogP contribution >= 0.6 is 0 Å². The average molecular weight is 326 g/mol. The van der Waals surface area contributed by atoms with E-state index < -0.39 is 0 Å². The summed E-state index contributed by atoms with van der Waals surface area (Å²) in [7, 11) is 0. The molecule has 0 spiro atoms. The summed E-state index contributed by atoms with van der Waals surface area (Å²) in [4.78, 5) is 0. The maximum atomic E-state index is 5.82. The van der Waals surface area contributed by atoms with Gasteiger partial charge >= 0.3 is 0 Å². The van der Waals surface area contributed by atoms with Crippen molar-refractivity contribution in [3.63, 3.8) is 0 Å². The zero-order chi connectivity index (χ0) is 16.8. The quantitative estimate of drug-likeness (QED) is 0.642. The van der Waals surface area contributed by atoms with E-state index in [-0.39, 0.29) is 0 Å². The molecule has 2 aromatic rings. The molecule has 0 radical (unpaired) electrons. The summed E-state index contributed by atoms with van der Waals surface area (Å²) in [6, 6.07) is 15.9. The number of rotatable bonds is 9. The molecule has 3 rings (SSSR count). The Bertz CT molecular complexity index is 563. The fourth-order valence-corrected chi connectivity index (χ4v) is 2.24. The van der Waals surface area contributed by atoms with E-state index in [0.29, 0.717) is 12.5 Å². The van der Waals surface area contributed by atoms with E-state index in [4.69, 9.17) is 14.2 Å². The van der Waals surface area contributed by atoms with Crippen molar-refractivity contribution in [3.8, 4) is 17.2 Å². The summed E-state index contributed by atoms with van der Waals surface area (Å²) in [6.45, 7) is 6.41. The summed E-state index contributed by atoms with van der Waals surface area (Å²) in [5.74, 6) is 3.98. The van der Waals surface area contributed by atoms with Gasteiger partial charge in [0.05, 0.1) is 13.2 Å². The zero-order valence-corrected chi connectivity index (χ0v) is 14.5. The first-order chi connectivity index (χ1) is 11.7. The van der Waals surface area contributed by atoms with Gasteiger partial charge in [-0.3, -0.25) is 0 Å². The number of hydrogen-bond donors (Lipinski definition) is 0. The third-order valence-corrected chi connectivity index (χ3v) is 3.92. The first-order valence-electron chi connectivity index (χ1n) is 8.76. The molecule has 0 bridgehead atoms. The number of benzene rings is 2. The molecule has 0 unspecified atom stereocenters. The predicted octanol–water partition coefficient (Wildman–Crippen LogP) is 5.09. The molecule has 0 amide bonds. The molecule has 0 N–H and O–H groups in total. The lowest BCUT2D eigenvalue weighted by molar-refractivity contribution is 0.269. The van der Waals surface area contributed by atoms with Crippen LogP contribution in [0.15, 0.2) is 48.5 Å². The monoisotopic (exact) mass is 326 g/mol. The van der Waals surface area contributed by atoms with Gasteiger partial charge in [0.1, 0.15) is 23.9 Å². The molecule has 0 saturated heterocycles. The summed E-state index contributed by atoms with van der Waals surface area (Å²) < 4.78 is 17.2. The van der Waals surface area contributed by atoms with E-state index in [9.17, 15) is 0 Å². The fourth-order valence-electron chi connectivity index (χ4n) is 2.24. The Hall–Kier alpha value is -2.16. The Kier molecular flexibility index (Phi) is 5.63. The van der Waals surface area contributed by atoms with Crippen LogP contribution in [0.3, 0.4) is 0 Å². The highest BCUT2D eigenvalue weighted by atomic mass is 16.5. The van der Waals surface area contributed by atoms with Gasteiger partial charge in [0.2, 0.25) is 0 Å². The van der Waals surface area contributed by atoms with Crippen LogP contribution < -0.4 is 14.2 Å². The van der Waals surface area contributed by atoms with Crippen molar-refractivity contribution in [1.82, 2.24) is 0 Å². The topological polar surface area (TPSA) is 27.7 Å². The standard InChI is InChI=1S/C21H26O3/c1-16(2)13-22-20-9-11-21(12-10-20)24-15-18-5-7-19(8-6-18)23-14-17-3-4-17/h5-12,16-17H,3-4,13-15H2,1-2H3. The lowest BCUT2D eigenvalue weighted by Crippen LogP contribution is -2.04. The normalized spacial score (nSPS) is 13.8. The van der Waals surface area contributed by atoms with Crippen LogP contribution in [0.1, 0.15) is 32.3 Å². The predicted molar refractivity (Wildman–Crippen MR) is 95.8 cm³/mol. The summed E-state index contributed by atoms with van der Waals surface area (Å²) in [5, 5.41) is 0. The van der Waals surface area contributed by atoms with Crippen molar-refractivity contribution in [2.24, 2.45) is 11.8 Å². The number of ether oxygens (including phenoxy) is 3. The molecule has 3 heteroatoms. The van der Waals surface area contributed by atoms with Crippen LogP contribution in [0, 0.1) is 11.8 Å². The second kappa shape index (κ2) is 8.09. The molecule has 1 fully saturated rings. The average Bonchev–Trinajstić information content (AvgIpc) is 3.42. The van der Waals surface area contributed by atoms with Crippen LogP contribution in [0.2, 0.25) is 0 Å². The van der Waals surface area contributed by atoms with Gasteiger partial charge in [-0.1, -0.05) is 26.0 Å². The minimum atomic E-state index is 0.525. The minimum absolute atomic E-state index is 0.525. The van der Waals surface area contributed by atoms with Crippen molar-refractivity contribution >= 4 is 0 Å². The second-order valence-electron chi connectivity index (χ2n) is 6.86. The van der Waals surface area contributed by atoms with Gasteiger partial charge in [0.15, 0.2) is 0 Å². The highest BCUT2D eigenvalue weighted by Gasteiger charge is 2.21. The lowest BCUT2D eigenvalue weighted by Gasteiger charge is -2.10. The molecule has 128 valence electrons. The lowest BCUT2D eigenvalue weighted by atomic mass is 10.2. The molecule has 3 nitrogen and oxygen atoms in total. The molecule has 1 aliphatic carbocycles. The van der Waals surface area contributed by atoms with Crippen molar-refractivity contribution < 1.29 is 14.2 Å².